The van der Waals surface area contributed by atoms with Gasteiger partial charge in [-0.05, 0) is 17.2 Å². The molecule has 1 heterocycles. The van der Waals surface area contributed by atoms with Gasteiger partial charge in [-0.2, -0.15) is 0 Å². The maximum atomic E-state index is 6.15. The monoisotopic (exact) mass is 289 g/mol. The third kappa shape index (κ3) is 3.44. The van der Waals surface area contributed by atoms with E-state index in [9.17, 15) is 0 Å². The van der Waals surface area contributed by atoms with Gasteiger partial charge in [0.2, 0.25) is 0 Å². The first-order valence-electron chi connectivity index (χ1n) is 7.35. The lowest BCUT2D eigenvalue weighted by molar-refractivity contribution is 0.798. The molecule has 1 aromatic heterocycles. The zero-order valence-electron chi connectivity index (χ0n) is 12.4. The number of nitrogen functional groups attached to an aromatic ring is 1. The number of pyridine rings is 1. The molecule has 0 unspecified atom stereocenters. The van der Waals surface area contributed by atoms with Crippen molar-refractivity contribution in [2.24, 2.45) is 0 Å². The molecule has 0 radical (unpaired) electrons. The second-order valence-corrected chi connectivity index (χ2v) is 5.26. The number of aromatic nitrogens is 1. The van der Waals surface area contributed by atoms with Gasteiger partial charge in [0.1, 0.15) is 0 Å². The summed E-state index contributed by atoms with van der Waals surface area (Å²) >= 11 is 0. The Morgan fingerprint density at radius 2 is 1.32 bits per heavy atom. The number of hydrogen-bond acceptors (Lipinski definition) is 3. The number of rotatable bonds is 5. The minimum atomic E-state index is 0.752. The average molecular weight is 289 g/mol. The van der Waals surface area contributed by atoms with Crippen molar-refractivity contribution in [1.82, 2.24) is 4.98 Å². The molecule has 0 aliphatic carbocycles. The van der Waals surface area contributed by atoms with Gasteiger partial charge in [-0.3, -0.25) is 4.98 Å². The lowest BCUT2D eigenvalue weighted by Crippen LogP contribution is -2.23. The Balaban J connectivity index is 1.90. The molecule has 0 spiro atoms. The van der Waals surface area contributed by atoms with Crippen LogP contribution in [0.1, 0.15) is 11.1 Å². The van der Waals surface area contributed by atoms with Crippen molar-refractivity contribution in [3.63, 3.8) is 0 Å². The van der Waals surface area contributed by atoms with Gasteiger partial charge in [-0.15, -0.1) is 0 Å². The van der Waals surface area contributed by atoms with Gasteiger partial charge in [0.15, 0.2) is 0 Å². The first-order chi connectivity index (χ1) is 10.8. The predicted molar refractivity (Wildman–Crippen MR) is 91.4 cm³/mol. The molecule has 3 nitrogen and oxygen atoms in total. The van der Waals surface area contributed by atoms with Crippen molar-refractivity contribution in [2.45, 2.75) is 13.1 Å². The SMILES string of the molecule is Nc1ccncc1N(Cc1ccccc1)Cc1ccccc1. The van der Waals surface area contributed by atoms with Crippen molar-refractivity contribution in [2.75, 3.05) is 10.6 Å². The van der Waals surface area contributed by atoms with Crippen LogP contribution in [0, 0.1) is 0 Å². The van der Waals surface area contributed by atoms with Crippen molar-refractivity contribution in [1.29, 1.82) is 0 Å². The van der Waals surface area contributed by atoms with E-state index in [1.807, 2.05) is 24.4 Å². The Morgan fingerprint density at radius 3 is 1.82 bits per heavy atom. The fraction of sp³-hybridized carbons (Fsp3) is 0.105. The van der Waals surface area contributed by atoms with Gasteiger partial charge in [0, 0.05) is 19.3 Å². The summed E-state index contributed by atoms with van der Waals surface area (Å²) in [5.41, 5.74) is 10.4. The first-order valence-corrected chi connectivity index (χ1v) is 7.35. The molecule has 3 heteroatoms. The number of nitrogens with zero attached hydrogens (tertiary/aromatic N) is 2. The molecule has 0 bridgehead atoms. The van der Waals surface area contributed by atoms with Gasteiger partial charge >= 0.3 is 0 Å². The van der Waals surface area contributed by atoms with Gasteiger partial charge in [-0.1, -0.05) is 60.7 Å². The van der Waals surface area contributed by atoms with E-state index in [1.54, 1.807) is 6.20 Å². The second-order valence-electron chi connectivity index (χ2n) is 5.26. The minimum absolute atomic E-state index is 0.752. The van der Waals surface area contributed by atoms with Crippen LogP contribution in [-0.4, -0.2) is 4.98 Å². The molecule has 0 saturated heterocycles. The maximum absolute atomic E-state index is 6.15. The third-order valence-electron chi connectivity index (χ3n) is 3.61. The summed E-state index contributed by atoms with van der Waals surface area (Å²) in [4.78, 5) is 6.48. The van der Waals surface area contributed by atoms with Gasteiger partial charge in [-0.25, -0.2) is 0 Å². The van der Waals surface area contributed by atoms with E-state index < -0.39 is 0 Å². The molecule has 0 aliphatic heterocycles. The van der Waals surface area contributed by atoms with Crippen molar-refractivity contribution >= 4 is 11.4 Å². The summed E-state index contributed by atoms with van der Waals surface area (Å²) in [6, 6.07) is 22.7. The summed E-state index contributed by atoms with van der Waals surface area (Å²) < 4.78 is 0. The van der Waals surface area contributed by atoms with E-state index in [1.165, 1.54) is 11.1 Å². The standard InChI is InChI=1S/C19H19N3/c20-18-11-12-21-13-19(18)22(14-16-7-3-1-4-8-16)15-17-9-5-2-6-10-17/h1-13H,14-15H2,(H2,20,21). The van der Waals surface area contributed by atoms with E-state index in [4.69, 9.17) is 5.73 Å². The molecule has 3 rings (SSSR count). The smallest absolute Gasteiger partial charge is 0.0792 e. The highest BCUT2D eigenvalue weighted by Crippen LogP contribution is 2.25. The zero-order chi connectivity index (χ0) is 15.2. The summed E-state index contributed by atoms with van der Waals surface area (Å²) in [6.45, 7) is 1.59. The molecule has 110 valence electrons. The molecular weight excluding hydrogens is 270 g/mol. The average Bonchev–Trinajstić information content (AvgIpc) is 2.57. The number of hydrogen-bond donors (Lipinski definition) is 1. The van der Waals surface area contributed by atoms with E-state index in [-0.39, 0.29) is 0 Å². The van der Waals surface area contributed by atoms with Crippen LogP contribution in [0.3, 0.4) is 0 Å². The number of benzene rings is 2. The molecule has 3 aromatic rings. The lowest BCUT2D eigenvalue weighted by Gasteiger charge is -2.26. The Morgan fingerprint density at radius 1 is 0.773 bits per heavy atom. The molecule has 0 saturated carbocycles. The lowest BCUT2D eigenvalue weighted by atomic mass is 10.1. The van der Waals surface area contributed by atoms with Crippen molar-refractivity contribution < 1.29 is 0 Å². The van der Waals surface area contributed by atoms with Crippen LogP contribution in [0.4, 0.5) is 11.4 Å². The van der Waals surface area contributed by atoms with Crippen LogP contribution in [0.2, 0.25) is 0 Å². The fourth-order valence-electron chi connectivity index (χ4n) is 2.49. The topological polar surface area (TPSA) is 42.1 Å². The summed E-state index contributed by atoms with van der Waals surface area (Å²) in [7, 11) is 0. The number of nitrogens with two attached hydrogens (primary N) is 1. The third-order valence-corrected chi connectivity index (χ3v) is 3.61. The van der Waals surface area contributed by atoms with Crippen molar-refractivity contribution in [3.8, 4) is 0 Å². The van der Waals surface area contributed by atoms with Crippen LogP contribution < -0.4 is 10.6 Å². The molecule has 2 aromatic carbocycles. The van der Waals surface area contributed by atoms with Gasteiger partial charge in [0.05, 0.1) is 17.6 Å². The zero-order valence-corrected chi connectivity index (χ0v) is 12.4. The van der Waals surface area contributed by atoms with Crippen LogP contribution in [-0.2, 0) is 13.1 Å². The van der Waals surface area contributed by atoms with Gasteiger partial charge < -0.3 is 10.6 Å². The quantitative estimate of drug-likeness (QED) is 0.775. The number of anilines is 2. The molecular formula is C19H19N3. The van der Waals surface area contributed by atoms with Crippen molar-refractivity contribution in [3.05, 3.63) is 90.3 Å². The van der Waals surface area contributed by atoms with E-state index >= 15 is 0 Å². The normalized spacial score (nSPS) is 10.4. The predicted octanol–water partition coefficient (Wildman–Crippen LogP) is 3.87. The van der Waals surface area contributed by atoms with E-state index in [2.05, 4.69) is 58.4 Å². The van der Waals surface area contributed by atoms with Crippen LogP contribution >= 0.6 is 0 Å². The molecule has 0 atom stereocenters. The Bertz CT molecular complexity index is 670. The molecule has 0 amide bonds. The maximum Gasteiger partial charge on any atom is 0.0792 e. The van der Waals surface area contributed by atoms with Crippen LogP contribution in [0.25, 0.3) is 0 Å². The highest BCUT2D eigenvalue weighted by Gasteiger charge is 2.11. The fourth-order valence-corrected chi connectivity index (χ4v) is 2.49. The Hall–Kier alpha value is -2.81. The van der Waals surface area contributed by atoms with Crippen LogP contribution in [0.5, 0.6) is 0 Å². The highest BCUT2D eigenvalue weighted by molar-refractivity contribution is 5.66. The molecule has 0 aliphatic rings. The highest BCUT2D eigenvalue weighted by atomic mass is 15.1. The first kappa shape index (κ1) is 14.1. The Kier molecular flexibility index (Phi) is 4.35. The second kappa shape index (κ2) is 6.76. The molecule has 2 N–H and O–H groups in total. The van der Waals surface area contributed by atoms with Crippen LogP contribution in [0.15, 0.2) is 79.1 Å². The molecule has 0 fully saturated rings. The summed E-state index contributed by atoms with van der Waals surface area (Å²) in [5.74, 6) is 0. The Labute approximate surface area is 131 Å². The molecule has 22 heavy (non-hydrogen) atoms. The van der Waals surface area contributed by atoms with E-state index in [0.717, 1.165) is 24.5 Å². The van der Waals surface area contributed by atoms with E-state index in [0.29, 0.717) is 0 Å². The summed E-state index contributed by atoms with van der Waals surface area (Å²) in [6.07, 6.45) is 3.56. The minimum Gasteiger partial charge on any atom is -0.397 e. The summed E-state index contributed by atoms with van der Waals surface area (Å²) in [5, 5.41) is 0. The van der Waals surface area contributed by atoms with Gasteiger partial charge in [0.25, 0.3) is 0 Å². The largest absolute Gasteiger partial charge is 0.397 e.